The number of nitrogens with one attached hydrogen (secondary N) is 1. The van der Waals surface area contributed by atoms with Crippen LogP contribution in [0.2, 0.25) is 0 Å². The zero-order chi connectivity index (χ0) is 13.5. The smallest absolute Gasteiger partial charge is 0.169 e. The first kappa shape index (κ1) is 14.3. The van der Waals surface area contributed by atoms with E-state index in [1.54, 1.807) is 0 Å². The van der Waals surface area contributed by atoms with Crippen molar-refractivity contribution in [2.24, 2.45) is 0 Å². The van der Waals surface area contributed by atoms with Crippen LogP contribution in [0.5, 0.6) is 0 Å². The van der Waals surface area contributed by atoms with Crippen molar-refractivity contribution in [3.63, 3.8) is 0 Å². The van der Waals surface area contributed by atoms with Gasteiger partial charge in [-0.1, -0.05) is 30.3 Å². The number of hydrogen-bond acceptors (Lipinski definition) is 2. The standard InChI is InChI=1S/C15H22N2OS/c18-12-14-8-4-5-11-17(14)15(19)16-10-9-13-6-2-1-3-7-13/h1-3,6-7,14,18H,4-5,8-12H2,(H,16,19). The lowest BCUT2D eigenvalue weighted by atomic mass is 10.0. The average Bonchev–Trinajstić information content (AvgIpc) is 2.48. The molecule has 104 valence electrons. The number of thiocarbonyl (C=S) groups is 1. The summed E-state index contributed by atoms with van der Waals surface area (Å²) in [4.78, 5) is 2.14. The largest absolute Gasteiger partial charge is 0.394 e. The molecule has 1 atom stereocenters. The lowest BCUT2D eigenvalue weighted by Crippen LogP contribution is -2.50. The summed E-state index contributed by atoms with van der Waals surface area (Å²) in [5.41, 5.74) is 1.31. The molecule has 4 heteroatoms. The van der Waals surface area contributed by atoms with Crippen molar-refractivity contribution in [2.45, 2.75) is 31.7 Å². The Labute approximate surface area is 120 Å². The number of benzene rings is 1. The quantitative estimate of drug-likeness (QED) is 0.825. The molecule has 1 aliphatic rings. The van der Waals surface area contributed by atoms with Crippen LogP contribution in [0.3, 0.4) is 0 Å². The van der Waals surface area contributed by atoms with E-state index in [0.29, 0.717) is 0 Å². The molecule has 1 fully saturated rings. The van der Waals surface area contributed by atoms with Gasteiger partial charge < -0.3 is 15.3 Å². The van der Waals surface area contributed by atoms with E-state index >= 15 is 0 Å². The average molecular weight is 278 g/mol. The van der Waals surface area contributed by atoms with Crippen molar-refractivity contribution < 1.29 is 5.11 Å². The first-order valence-corrected chi connectivity index (χ1v) is 7.41. The summed E-state index contributed by atoms with van der Waals surface area (Å²) in [5.74, 6) is 0. The SMILES string of the molecule is OCC1CCCCN1C(=S)NCCc1ccccc1. The van der Waals surface area contributed by atoms with Crippen LogP contribution in [0.15, 0.2) is 30.3 Å². The van der Waals surface area contributed by atoms with Crippen LogP contribution in [0.1, 0.15) is 24.8 Å². The van der Waals surface area contributed by atoms with E-state index in [9.17, 15) is 5.11 Å². The second-order valence-corrected chi connectivity index (χ2v) is 5.38. The van der Waals surface area contributed by atoms with Crippen molar-refractivity contribution in [2.75, 3.05) is 19.7 Å². The molecule has 0 amide bonds. The maximum atomic E-state index is 9.38. The lowest BCUT2D eigenvalue weighted by molar-refractivity contribution is 0.146. The second-order valence-electron chi connectivity index (χ2n) is 4.99. The molecule has 0 aromatic heterocycles. The number of likely N-dealkylation sites (tertiary alicyclic amines) is 1. The fraction of sp³-hybridized carbons (Fsp3) is 0.533. The highest BCUT2D eigenvalue weighted by molar-refractivity contribution is 7.80. The summed E-state index contributed by atoms with van der Waals surface area (Å²) in [6.45, 7) is 2.00. The summed E-state index contributed by atoms with van der Waals surface area (Å²) in [7, 11) is 0. The van der Waals surface area contributed by atoms with E-state index in [1.165, 1.54) is 12.0 Å². The second kappa shape index (κ2) is 7.46. The highest BCUT2D eigenvalue weighted by Crippen LogP contribution is 2.16. The molecule has 1 saturated heterocycles. The Bertz CT molecular complexity index is 396. The predicted octanol–water partition coefficient (Wildman–Crippen LogP) is 1.95. The molecule has 1 aromatic rings. The Morgan fingerprint density at radius 2 is 2.11 bits per heavy atom. The first-order chi connectivity index (χ1) is 9.31. The molecule has 2 rings (SSSR count). The molecular formula is C15H22N2OS. The molecule has 1 unspecified atom stereocenters. The van der Waals surface area contributed by atoms with Gasteiger partial charge in [0.25, 0.3) is 0 Å². The van der Waals surface area contributed by atoms with Crippen LogP contribution < -0.4 is 5.32 Å². The minimum Gasteiger partial charge on any atom is -0.394 e. The zero-order valence-electron chi connectivity index (χ0n) is 11.2. The third-order valence-electron chi connectivity index (χ3n) is 3.63. The van der Waals surface area contributed by atoms with E-state index in [2.05, 4.69) is 34.5 Å². The maximum absolute atomic E-state index is 9.38. The van der Waals surface area contributed by atoms with E-state index < -0.39 is 0 Å². The Hall–Kier alpha value is -1.13. The Balaban J connectivity index is 1.77. The van der Waals surface area contributed by atoms with Gasteiger partial charge in [0.15, 0.2) is 5.11 Å². The first-order valence-electron chi connectivity index (χ1n) is 7.00. The summed E-state index contributed by atoms with van der Waals surface area (Å²) in [6.07, 6.45) is 4.36. The van der Waals surface area contributed by atoms with Gasteiger partial charge in [0.1, 0.15) is 0 Å². The Kier molecular flexibility index (Phi) is 5.61. The molecule has 0 spiro atoms. The summed E-state index contributed by atoms with van der Waals surface area (Å²) in [6, 6.07) is 10.6. The topological polar surface area (TPSA) is 35.5 Å². The van der Waals surface area contributed by atoms with Gasteiger partial charge >= 0.3 is 0 Å². The van der Waals surface area contributed by atoms with Crippen LogP contribution >= 0.6 is 12.2 Å². The normalized spacial score (nSPS) is 19.2. The molecule has 0 saturated carbocycles. The number of aliphatic hydroxyl groups is 1. The fourth-order valence-corrected chi connectivity index (χ4v) is 2.86. The molecule has 1 heterocycles. The number of piperidine rings is 1. The third kappa shape index (κ3) is 4.18. The zero-order valence-corrected chi connectivity index (χ0v) is 12.0. The Morgan fingerprint density at radius 3 is 2.84 bits per heavy atom. The minimum absolute atomic E-state index is 0.195. The number of hydrogen-bond donors (Lipinski definition) is 2. The summed E-state index contributed by atoms with van der Waals surface area (Å²) >= 11 is 5.44. The Morgan fingerprint density at radius 1 is 1.32 bits per heavy atom. The van der Waals surface area contributed by atoms with Crippen molar-refractivity contribution in [3.05, 3.63) is 35.9 Å². The molecule has 1 aromatic carbocycles. The van der Waals surface area contributed by atoms with Crippen molar-refractivity contribution in [3.8, 4) is 0 Å². The van der Waals surface area contributed by atoms with Gasteiger partial charge in [0, 0.05) is 13.1 Å². The fourth-order valence-electron chi connectivity index (χ4n) is 2.52. The molecule has 3 nitrogen and oxygen atoms in total. The van der Waals surface area contributed by atoms with Crippen molar-refractivity contribution in [1.82, 2.24) is 10.2 Å². The van der Waals surface area contributed by atoms with Crippen LogP contribution in [0.25, 0.3) is 0 Å². The molecule has 0 aliphatic carbocycles. The van der Waals surface area contributed by atoms with Crippen molar-refractivity contribution in [1.29, 1.82) is 0 Å². The predicted molar refractivity (Wildman–Crippen MR) is 82.2 cm³/mol. The number of rotatable bonds is 4. The van der Waals surface area contributed by atoms with Gasteiger partial charge in [-0.25, -0.2) is 0 Å². The van der Waals surface area contributed by atoms with Gasteiger partial charge in [0.05, 0.1) is 12.6 Å². The monoisotopic (exact) mass is 278 g/mol. The highest BCUT2D eigenvalue weighted by Gasteiger charge is 2.23. The van der Waals surface area contributed by atoms with E-state index in [1.807, 2.05) is 6.07 Å². The van der Waals surface area contributed by atoms with E-state index in [0.717, 1.165) is 37.5 Å². The maximum Gasteiger partial charge on any atom is 0.169 e. The van der Waals surface area contributed by atoms with Crippen molar-refractivity contribution >= 4 is 17.3 Å². The lowest BCUT2D eigenvalue weighted by Gasteiger charge is -2.36. The minimum atomic E-state index is 0.195. The number of nitrogens with zero attached hydrogens (tertiary/aromatic N) is 1. The number of aliphatic hydroxyl groups excluding tert-OH is 1. The van der Waals surface area contributed by atoms with Gasteiger partial charge in [-0.2, -0.15) is 0 Å². The molecule has 0 bridgehead atoms. The van der Waals surface area contributed by atoms with Gasteiger partial charge in [-0.3, -0.25) is 0 Å². The van der Waals surface area contributed by atoms with Gasteiger partial charge in [-0.05, 0) is 43.5 Å². The molecular weight excluding hydrogens is 256 g/mol. The van der Waals surface area contributed by atoms with Crippen LogP contribution in [0.4, 0.5) is 0 Å². The van der Waals surface area contributed by atoms with E-state index in [-0.39, 0.29) is 12.6 Å². The molecule has 2 N–H and O–H groups in total. The van der Waals surface area contributed by atoms with Gasteiger partial charge in [0.2, 0.25) is 0 Å². The molecule has 0 radical (unpaired) electrons. The summed E-state index contributed by atoms with van der Waals surface area (Å²) < 4.78 is 0. The molecule has 1 aliphatic heterocycles. The van der Waals surface area contributed by atoms with Crippen LogP contribution in [-0.2, 0) is 6.42 Å². The highest BCUT2D eigenvalue weighted by atomic mass is 32.1. The third-order valence-corrected chi connectivity index (χ3v) is 4.01. The van der Waals surface area contributed by atoms with Crippen LogP contribution in [0, 0.1) is 0 Å². The van der Waals surface area contributed by atoms with Crippen LogP contribution in [-0.4, -0.2) is 40.9 Å². The van der Waals surface area contributed by atoms with Gasteiger partial charge in [-0.15, -0.1) is 0 Å². The summed E-state index contributed by atoms with van der Waals surface area (Å²) in [5, 5.41) is 13.5. The molecule has 19 heavy (non-hydrogen) atoms. The van der Waals surface area contributed by atoms with E-state index in [4.69, 9.17) is 12.2 Å².